The van der Waals surface area contributed by atoms with Gasteiger partial charge in [-0.2, -0.15) is 0 Å². The number of rotatable bonds is 2. The lowest BCUT2D eigenvalue weighted by molar-refractivity contribution is 0.544. The quantitative estimate of drug-likeness (QED) is 0.508. The Kier molecular flexibility index (Phi) is 8.40. The Morgan fingerprint density at radius 1 is 1.08 bits per heavy atom. The van der Waals surface area contributed by atoms with Crippen LogP contribution in [0.4, 0.5) is 4.39 Å². The third-order valence-electron chi connectivity index (χ3n) is 4.34. The fourth-order valence-electron chi connectivity index (χ4n) is 3.17. The normalized spacial score (nSPS) is 13.5. The Balaban J connectivity index is 0.000000269. The van der Waals surface area contributed by atoms with Gasteiger partial charge in [0.1, 0.15) is 5.83 Å². The fourth-order valence-corrected chi connectivity index (χ4v) is 3.17. The average molecular weight is 342 g/mol. The van der Waals surface area contributed by atoms with E-state index in [4.69, 9.17) is 0 Å². The fraction of sp³-hybridized carbons (Fsp3) is 0.391. The summed E-state index contributed by atoms with van der Waals surface area (Å²) >= 11 is 0. The van der Waals surface area contributed by atoms with Gasteiger partial charge in [0.05, 0.1) is 5.52 Å². The second-order valence-corrected chi connectivity index (χ2v) is 6.20. The van der Waals surface area contributed by atoms with Gasteiger partial charge in [0.25, 0.3) is 0 Å². The van der Waals surface area contributed by atoms with Crippen LogP contribution in [0.2, 0.25) is 0 Å². The Labute approximate surface area is 152 Å². The zero-order chi connectivity index (χ0) is 19.0. The van der Waals surface area contributed by atoms with Gasteiger partial charge in [-0.1, -0.05) is 44.7 Å². The first-order valence-corrected chi connectivity index (χ1v) is 9.18. The molecule has 0 amide bonds. The minimum absolute atomic E-state index is 0.306. The minimum atomic E-state index is -0.306. The molecule has 0 saturated heterocycles. The summed E-state index contributed by atoms with van der Waals surface area (Å²) in [5, 5.41) is 1.43. The minimum Gasteiger partial charge on any atom is -0.344 e. The molecule has 0 aliphatic carbocycles. The van der Waals surface area contributed by atoms with Gasteiger partial charge in [-0.3, -0.25) is 0 Å². The molecule has 0 unspecified atom stereocenters. The smallest absolute Gasteiger partial charge is 0.125 e. The molecule has 3 rings (SSSR count). The number of halogens is 1. The highest BCUT2D eigenvalue weighted by atomic mass is 19.1. The Morgan fingerprint density at radius 3 is 2.32 bits per heavy atom. The first-order chi connectivity index (χ1) is 12.0. The summed E-state index contributed by atoms with van der Waals surface area (Å²) in [7, 11) is 0. The SMILES string of the molecule is C=C/C(C)=C(/F)C=C.CC.Cc1cc(C)c2c(c1)cc1n2CCCC1. The van der Waals surface area contributed by atoms with E-state index in [0.29, 0.717) is 5.57 Å². The number of aromatic nitrogens is 1. The predicted molar refractivity (Wildman–Crippen MR) is 110 cm³/mol. The molecule has 0 saturated carbocycles. The van der Waals surface area contributed by atoms with Crippen LogP contribution in [-0.4, -0.2) is 4.57 Å². The number of nitrogens with zero attached hydrogens (tertiary/aromatic N) is 1. The molecular weight excluding hydrogens is 309 g/mol. The summed E-state index contributed by atoms with van der Waals surface area (Å²) in [6.45, 7) is 17.9. The molecule has 2 heterocycles. The van der Waals surface area contributed by atoms with Gasteiger partial charge < -0.3 is 4.57 Å². The van der Waals surface area contributed by atoms with Crippen molar-refractivity contribution in [2.45, 2.75) is 60.4 Å². The van der Waals surface area contributed by atoms with Crippen LogP contribution < -0.4 is 0 Å². The molecule has 1 aromatic carbocycles. The number of benzene rings is 1. The maximum atomic E-state index is 12.2. The van der Waals surface area contributed by atoms with Crippen molar-refractivity contribution in [3.05, 3.63) is 71.7 Å². The third-order valence-corrected chi connectivity index (χ3v) is 4.34. The van der Waals surface area contributed by atoms with Crippen molar-refractivity contribution in [2.24, 2.45) is 0 Å². The van der Waals surface area contributed by atoms with Gasteiger partial charge in [-0.15, -0.1) is 0 Å². The summed E-state index contributed by atoms with van der Waals surface area (Å²) in [5.74, 6) is -0.306. The van der Waals surface area contributed by atoms with E-state index in [9.17, 15) is 4.39 Å². The summed E-state index contributed by atoms with van der Waals surface area (Å²) < 4.78 is 14.7. The largest absolute Gasteiger partial charge is 0.344 e. The van der Waals surface area contributed by atoms with Crippen molar-refractivity contribution in [1.29, 1.82) is 0 Å². The molecule has 0 fully saturated rings. The molecule has 0 radical (unpaired) electrons. The molecular formula is C23H32FN. The molecule has 1 nitrogen and oxygen atoms in total. The van der Waals surface area contributed by atoms with E-state index in [0.717, 1.165) is 6.08 Å². The number of hydrogen-bond acceptors (Lipinski definition) is 0. The lowest BCUT2D eigenvalue weighted by atomic mass is 10.1. The van der Waals surface area contributed by atoms with E-state index in [1.807, 2.05) is 13.8 Å². The lowest BCUT2D eigenvalue weighted by Gasteiger charge is -2.16. The highest BCUT2D eigenvalue weighted by Gasteiger charge is 2.14. The van der Waals surface area contributed by atoms with Crippen LogP contribution in [0.25, 0.3) is 10.9 Å². The molecule has 0 atom stereocenters. The summed E-state index contributed by atoms with van der Waals surface area (Å²) in [4.78, 5) is 0. The highest BCUT2D eigenvalue weighted by molar-refractivity contribution is 5.85. The van der Waals surface area contributed by atoms with Crippen LogP contribution in [-0.2, 0) is 13.0 Å². The van der Waals surface area contributed by atoms with Crippen LogP contribution >= 0.6 is 0 Å². The molecule has 1 aliphatic rings. The first kappa shape index (κ1) is 21.0. The molecule has 0 N–H and O–H groups in total. The number of fused-ring (bicyclic) bond motifs is 3. The second kappa shape index (κ2) is 10.0. The topological polar surface area (TPSA) is 4.93 Å². The van der Waals surface area contributed by atoms with E-state index >= 15 is 0 Å². The van der Waals surface area contributed by atoms with Crippen molar-refractivity contribution in [1.82, 2.24) is 4.57 Å². The maximum absolute atomic E-state index is 12.2. The highest BCUT2D eigenvalue weighted by Crippen LogP contribution is 2.28. The third kappa shape index (κ3) is 5.19. The monoisotopic (exact) mass is 341 g/mol. The maximum Gasteiger partial charge on any atom is 0.125 e. The van der Waals surface area contributed by atoms with Crippen LogP contribution in [0.5, 0.6) is 0 Å². The van der Waals surface area contributed by atoms with Gasteiger partial charge in [-0.05, 0) is 69.4 Å². The van der Waals surface area contributed by atoms with Crippen LogP contribution in [0.1, 0.15) is 50.4 Å². The van der Waals surface area contributed by atoms with E-state index < -0.39 is 0 Å². The molecule has 2 aromatic rings. The molecule has 0 bridgehead atoms. The van der Waals surface area contributed by atoms with Crippen LogP contribution in [0.15, 0.2) is 54.9 Å². The lowest BCUT2D eigenvalue weighted by Crippen LogP contribution is -2.09. The molecule has 0 spiro atoms. The van der Waals surface area contributed by atoms with E-state index in [2.05, 4.69) is 49.8 Å². The van der Waals surface area contributed by atoms with Gasteiger partial charge in [0, 0.05) is 17.6 Å². The van der Waals surface area contributed by atoms with Gasteiger partial charge in [0.2, 0.25) is 0 Å². The second-order valence-electron chi connectivity index (χ2n) is 6.20. The van der Waals surface area contributed by atoms with Gasteiger partial charge in [0.15, 0.2) is 0 Å². The Hall–Kier alpha value is -2.09. The van der Waals surface area contributed by atoms with Crippen molar-refractivity contribution >= 4 is 10.9 Å². The van der Waals surface area contributed by atoms with E-state index in [1.54, 1.807) is 6.92 Å². The Morgan fingerprint density at radius 2 is 1.76 bits per heavy atom. The standard InChI is InChI=1S/C14H17N.C7H9F.C2H6/c1-10-7-11(2)14-12(8-10)9-13-5-3-4-6-15(13)14;1-4-6(3)7(8)5-2;1-2/h7-9H,3-6H2,1-2H3;4-5H,1-2H2,3H3;1-2H3/b;7-6+;. The van der Waals surface area contributed by atoms with Crippen LogP contribution in [0.3, 0.4) is 0 Å². The van der Waals surface area contributed by atoms with Crippen molar-refractivity contribution < 1.29 is 4.39 Å². The van der Waals surface area contributed by atoms with Gasteiger partial charge >= 0.3 is 0 Å². The van der Waals surface area contributed by atoms with Crippen molar-refractivity contribution in [2.75, 3.05) is 0 Å². The molecule has 136 valence electrons. The number of allylic oxidation sites excluding steroid dienone is 4. The molecule has 1 aliphatic heterocycles. The summed E-state index contributed by atoms with van der Waals surface area (Å²) in [5.41, 5.74) is 6.33. The number of hydrogen-bond donors (Lipinski definition) is 0. The summed E-state index contributed by atoms with van der Waals surface area (Å²) in [6, 6.07) is 6.99. The van der Waals surface area contributed by atoms with Crippen LogP contribution in [0, 0.1) is 13.8 Å². The van der Waals surface area contributed by atoms with Crippen molar-refractivity contribution in [3.8, 4) is 0 Å². The molecule has 25 heavy (non-hydrogen) atoms. The zero-order valence-electron chi connectivity index (χ0n) is 16.5. The summed E-state index contributed by atoms with van der Waals surface area (Å²) in [6.07, 6.45) is 6.57. The van der Waals surface area contributed by atoms with Gasteiger partial charge in [-0.25, -0.2) is 4.39 Å². The van der Waals surface area contributed by atoms with Crippen molar-refractivity contribution in [3.63, 3.8) is 0 Å². The first-order valence-electron chi connectivity index (χ1n) is 9.18. The number of aryl methyl sites for hydroxylation is 4. The predicted octanol–water partition coefficient (Wildman–Crippen LogP) is 7.22. The zero-order valence-corrected chi connectivity index (χ0v) is 16.5. The average Bonchev–Trinajstić information content (AvgIpc) is 3.00. The van der Waals surface area contributed by atoms with E-state index in [-0.39, 0.29) is 5.83 Å². The molecule has 1 aromatic heterocycles. The Bertz CT molecular complexity index is 746. The van der Waals surface area contributed by atoms with E-state index in [1.165, 1.54) is 59.6 Å². The molecule has 2 heteroatoms.